The van der Waals surface area contributed by atoms with E-state index in [1.807, 2.05) is 0 Å². The summed E-state index contributed by atoms with van der Waals surface area (Å²) in [6, 6.07) is 9.66. The van der Waals surface area contributed by atoms with E-state index in [0.29, 0.717) is 6.04 Å². The molecule has 0 amide bonds. The van der Waals surface area contributed by atoms with Crippen LogP contribution in [0.5, 0.6) is 0 Å². The van der Waals surface area contributed by atoms with Gasteiger partial charge < -0.3 is 5.32 Å². The van der Waals surface area contributed by atoms with Crippen molar-refractivity contribution in [3.63, 3.8) is 0 Å². The predicted molar refractivity (Wildman–Crippen MR) is 79.2 cm³/mol. The molecule has 1 aromatic carbocycles. The van der Waals surface area contributed by atoms with Crippen LogP contribution in [0.15, 0.2) is 24.3 Å². The first-order valence-electron chi connectivity index (χ1n) is 7.31. The van der Waals surface area contributed by atoms with Gasteiger partial charge >= 0.3 is 0 Å². The number of benzene rings is 1. The molecule has 1 aliphatic carbocycles. The lowest BCUT2D eigenvalue weighted by Gasteiger charge is -2.35. The summed E-state index contributed by atoms with van der Waals surface area (Å²) in [5.41, 5.74) is 3.43. The molecule has 1 unspecified atom stereocenters. The first-order chi connectivity index (χ1) is 8.54. The van der Waals surface area contributed by atoms with E-state index in [4.69, 9.17) is 0 Å². The molecule has 18 heavy (non-hydrogen) atoms. The van der Waals surface area contributed by atoms with Crippen LogP contribution >= 0.6 is 0 Å². The molecular weight excluding hydrogens is 218 g/mol. The van der Waals surface area contributed by atoms with E-state index < -0.39 is 0 Å². The number of hydrogen-bond acceptors (Lipinski definition) is 1. The molecule has 1 N–H and O–H groups in total. The Balaban J connectivity index is 2.25. The zero-order chi connectivity index (χ0) is 13.2. The Hall–Kier alpha value is -0.820. The van der Waals surface area contributed by atoms with Crippen LogP contribution in [0.25, 0.3) is 0 Å². The average Bonchev–Trinajstić information content (AvgIpc) is 2.26. The second-order valence-corrected chi connectivity index (χ2v) is 6.49. The van der Waals surface area contributed by atoms with E-state index in [9.17, 15) is 0 Å². The molecule has 1 aliphatic rings. The van der Waals surface area contributed by atoms with Crippen LogP contribution in [0.3, 0.4) is 0 Å². The molecular formula is C17H27N. The Morgan fingerprint density at radius 2 is 1.94 bits per heavy atom. The van der Waals surface area contributed by atoms with Crippen LogP contribution < -0.4 is 5.32 Å². The van der Waals surface area contributed by atoms with Crippen LogP contribution in [0.2, 0.25) is 0 Å². The highest BCUT2D eigenvalue weighted by atomic mass is 14.9. The minimum absolute atomic E-state index is 0.259. The topological polar surface area (TPSA) is 12.0 Å². The van der Waals surface area contributed by atoms with Gasteiger partial charge in [0.25, 0.3) is 0 Å². The number of nitrogens with one attached hydrogen (secondary N) is 1. The maximum atomic E-state index is 3.37. The first kappa shape index (κ1) is 13.6. The molecule has 0 aromatic heterocycles. The Kier molecular flexibility index (Phi) is 4.11. The second kappa shape index (κ2) is 5.44. The summed E-state index contributed by atoms with van der Waals surface area (Å²) < 4.78 is 0. The summed E-state index contributed by atoms with van der Waals surface area (Å²) in [6.07, 6.45) is 5.36. The van der Waals surface area contributed by atoms with Gasteiger partial charge in [-0.3, -0.25) is 0 Å². The van der Waals surface area contributed by atoms with E-state index in [1.165, 1.54) is 25.7 Å². The lowest BCUT2D eigenvalue weighted by atomic mass is 9.70. The zero-order valence-electron chi connectivity index (χ0n) is 12.3. The molecule has 1 nitrogen and oxygen atoms in total. The molecule has 2 rings (SSSR count). The van der Waals surface area contributed by atoms with E-state index in [2.05, 4.69) is 57.4 Å². The van der Waals surface area contributed by atoms with Crippen molar-refractivity contribution in [3.8, 4) is 0 Å². The van der Waals surface area contributed by atoms with Gasteiger partial charge in [-0.15, -0.1) is 0 Å². The molecule has 0 radical (unpaired) electrons. The molecule has 0 spiro atoms. The highest BCUT2D eigenvalue weighted by molar-refractivity contribution is 5.37. The van der Waals surface area contributed by atoms with Gasteiger partial charge in [0.05, 0.1) is 0 Å². The van der Waals surface area contributed by atoms with Gasteiger partial charge in [0.15, 0.2) is 0 Å². The van der Waals surface area contributed by atoms with Gasteiger partial charge in [-0.25, -0.2) is 0 Å². The lowest BCUT2D eigenvalue weighted by molar-refractivity contribution is 0.380. The van der Waals surface area contributed by atoms with Gasteiger partial charge in [0.1, 0.15) is 0 Å². The van der Waals surface area contributed by atoms with Crippen molar-refractivity contribution in [1.29, 1.82) is 0 Å². The van der Waals surface area contributed by atoms with E-state index in [-0.39, 0.29) is 5.41 Å². The molecule has 1 heteroatoms. The fourth-order valence-corrected chi connectivity index (χ4v) is 3.17. The van der Waals surface area contributed by atoms with Crippen LogP contribution in [0, 0.1) is 0 Å². The van der Waals surface area contributed by atoms with E-state index in [1.54, 1.807) is 11.1 Å². The van der Waals surface area contributed by atoms with Gasteiger partial charge in [-0.05, 0) is 55.7 Å². The van der Waals surface area contributed by atoms with Crippen molar-refractivity contribution in [2.45, 2.75) is 63.8 Å². The zero-order valence-corrected chi connectivity index (χ0v) is 12.3. The summed E-state index contributed by atoms with van der Waals surface area (Å²) in [4.78, 5) is 0. The van der Waals surface area contributed by atoms with Crippen molar-refractivity contribution in [2.75, 3.05) is 7.05 Å². The minimum Gasteiger partial charge on any atom is -0.317 e. The third-order valence-corrected chi connectivity index (χ3v) is 4.54. The molecule has 0 saturated heterocycles. The Labute approximate surface area is 112 Å². The third kappa shape index (κ3) is 2.77. The van der Waals surface area contributed by atoms with E-state index >= 15 is 0 Å². The molecule has 1 saturated carbocycles. The quantitative estimate of drug-likeness (QED) is 0.818. The fraction of sp³-hybridized carbons (Fsp3) is 0.647. The summed E-state index contributed by atoms with van der Waals surface area (Å²) in [7, 11) is 2.05. The minimum atomic E-state index is 0.259. The largest absolute Gasteiger partial charge is 0.317 e. The SMILES string of the molecule is CNC(C)CC(C)(C)c1ccccc1C1CCC1. The Morgan fingerprint density at radius 1 is 1.28 bits per heavy atom. The Bertz CT molecular complexity index is 390. The molecule has 0 heterocycles. The van der Waals surface area contributed by atoms with Crippen molar-refractivity contribution >= 4 is 0 Å². The number of hydrogen-bond donors (Lipinski definition) is 1. The monoisotopic (exact) mass is 245 g/mol. The first-order valence-corrected chi connectivity index (χ1v) is 7.31. The van der Waals surface area contributed by atoms with Crippen LogP contribution in [-0.4, -0.2) is 13.1 Å². The fourth-order valence-electron chi connectivity index (χ4n) is 3.17. The van der Waals surface area contributed by atoms with Crippen molar-refractivity contribution in [2.24, 2.45) is 0 Å². The molecule has 100 valence electrons. The maximum Gasteiger partial charge on any atom is 0.00440 e. The van der Waals surface area contributed by atoms with Gasteiger partial charge in [0, 0.05) is 6.04 Å². The van der Waals surface area contributed by atoms with Crippen molar-refractivity contribution in [1.82, 2.24) is 5.32 Å². The van der Waals surface area contributed by atoms with Crippen LogP contribution in [-0.2, 0) is 5.41 Å². The van der Waals surface area contributed by atoms with Gasteiger partial charge in [-0.1, -0.05) is 44.5 Å². The van der Waals surface area contributed by atoms with Crippen LogP contribution in [0.1, 0.15) is 63.5 Å². The molecule has 1 fully saturated rings. The molecule has 0 bridgehead atoms. The molecule has 1 atom stereocenters. The van der Waals surface area contributed by atoms with E-state index in [0.717, 1.165) is 5.92 Å². The third-order valence-electron chi connectivity index (χ3n) is 4.54. The van der Waals surface area contributed by atoms with Gasteiger partial charge in [-0.2, -0.15) is 0 Å². The summed E-state index contributed by atoms with van der Waals surface area (Å²) in [5.74, 6) is 0.824. The van der Waals surface area contributed by atoms with Crippen molar-refractivity contribution in [3.05, 3.63) is 35.4 Å². The second-order valence-electron chi connectivity index (χ2n) is 6.49. The smallest absolute Gasteiger partial charge is 0.00440 e. The highest BCUT2D eigenvalue weighted by Gasteiger charge is 2.29. The predicted octanol–water partition coefficient (Wildman–Crippen LogP) is 4.23. The average molecular weight is 245 g/mol. The highest BCUT2D eigenvalue weighted by Crippen LogP contribution is 2.42. The summed E-state index contributed by atoms with van der Waals surface area (Å²) >= 11 is 0. The molecule has 1 aromatic rings. The Morgan fingerprint density at radius 3 is 2.50 bits per heavy atom. The van der Waals surface area contributed by atoms with Gasteiger partial charge in [0.2, 0.25) is 0 Å². The summed E-state index contributed by atoms with van der Waals surface area (Å²) in [6.45, 7) is 7.05. The maximum absolute atomic E-state index is 3.37. The van der Waals surface area contributed by atoms with Crippen LogP contribution in [0.4, 0.5) is 0 Å². The lowest BCUT2D eigenvalue weighted by Crippen LogP contribution is -2.32. The molecule has 0 aliphatic heterocycles. The summed E-state index contributed by atoms with van der Waals surface area (Å²) in [5, 5.41) is 3.37. The normalized spacial score (nSPS) is 18.4. The number of rotatable bonds is 5. The standard InChI is InChI=1S/C17H27N/c1-13(18-4)12-17(2,3)16-11-6-5-10-15(16)14-8-7-9-14/h5-6,10-11,13-14,18H,7-9,12H2,1-4H3. The van der Waals surface area contributed by atoms with Crippen molar-refractivity contribution < 1.29 is 0 Å².